The van der Waals surface area contributed by atoms with Gasteiger partial charge in [-0.2, -0.15) is 0 Å². The number of unbranched alkanes of at least 4 members (excludes halogenated alkanes) is 12. The van der Waals surface area contributed by atoms with E-state index in [-0.39, 0.29) is 16.7 Å². The summed E-state index contributed by atoms with van der Waals surface area (Å²) in [6.07, 6.45) is 15.8. The molecule has 222 valence electrons. The van der Waals surface area contributed by atoms with Crippen molar-refractivity contribution in [1.82, 2.24) is 0 Å². The molecule has 2 amide bonds. The van der Waals surface area contributed by atoms with E-state index >= 15 is 0 Å². The van der Waals surface area contributed by atoms with Gasteiger partial charge in [-0.1, -0.05) is 90.9 Å². The minimum atomic E-state index is -0.513. The molecule has 7 heteroatoms. The van der Waals surface area contributed by atoms with E-state index in [0.717, 1.165) is 43.4 Å². The predicted molar refractivity (Wildman–Crippen MR) is 161 cm³/mol. The standard InChI is InChI=1S/C34H45NO6/c1-3-5-7-9-11-13-15-23-40-33(38)26-17-20-28(21-18-26)35-31(36)29-22-19-27(25-30(29)32(35)37)34(39)41-24-16-14-12-10-8-6-4-2/h17-22,25H,3-16,23-24H2,1-2H3. The predicted octanol–water partition coefficient (Wildman–Crippen LogP) is 8.30. The fourth-order valence-corrected chi connectivity index (χ4v) is 4.96. The molecule has 1 aliphatic heterocycles. The van der Waals surface area contributed by atoms with Crippen molar-refractivity contribution in [3.8, 4) is 0 Å². The van der Waals surface area contributed by atoms with Crippen LogP contribution in [0.3, 0.4) is 0 Å². The first-order chi connectivity index (χ1) is 20.0. The van der Waals surface area contributed by atoms with Crippen LogP contribution in [0.2, 0.25) is 0 Å². The van der Waals surface area contributed by atoms with Gasteiger partial charge in [0.2, 0.25) is 0 Å². The maximum atomic E-state index is 13.2. The first-order valence-electron chi connectivity index (χ1n) is 15.4. The summed E-state index contributed by atoms with van der Waals surface area (Å²) in [6, 6.07) is 10.7. The van der Waals surface area contributed by atoms with E-state index in [2.05, 4.69) is 13.8 Å². The van der Waals surface area contributed by atoms with Crippen molar-refractivity contribution in [3.63, 3.8) is 0 Å². The largest absolute Gasteiger partial charge is 0.462 e. The number of hydrogen-bond donors (Lipinski definition) is 0. The fourth-order valence-electron chi connectivity index (χ4n) is 4.96. The van der Waals surface area contributed by atoms with Crippen LogP contribution in [0.4, 0.5) is 5.69 Å². The second-order valence-electron chi connectivity index (χ2n) is 10.8. The highest BCUT2D eigenvalue weighted by molar-refractivity contribution is 6.34. The first kappa shape index (κ1) is 32.0. The number of imide groups is 1. The quantitative estimate of drug-likeness (QED) is 0.0970. The summed E-state index contributed by atoms with van der Waals surface area (Å²) in [4.78, 5) is 52.2. The summed E-state index contributed by atoms with van der Waals surface area (Å²) < 4.78 is 10.8. The topological polar surface area (TPSA) is 90.0 Å². The maximum absolute atomic E-state index is 13.2. The van der Waals surface area contributed by atoms with Crippen molar-refractivity contribution in [3.05, 3.63) is 64.7 Å². The molecule has 3 rings (SSSR count). The highest BCUT2D eigenvalue weighted by Crippen LogP contribution is 2.29. The van der Waals surface area contributed by atoms with E-state index in [9.17, 15) is 19.2 Å². The summed E-state index contributed by atoms with van der Waals surface area (Å²) in [7, 11) is 0. The van der Waals surface area contributed by atoms with Gasteiger partial charge in [-0.3, -0.25) is 9.59 Å². The molecular formula is C34H45NO6. The van der Waals surface area contributed by atoms with Crippen molar-refractivity contribution in [2.45, 2.75) is 104 Å². The van der Waals surface area contributed by atoms with Crippen LogP contribution in [0, 0.1) is 0 Å². The van der Waals surface area contributed by atoms with E-state index in [4.69, 9.17) is 9.47 Å². The lowest BCUT2D eigenvalue weighted by molar-refractivity contribution is 0.0488. The molecule has 0 bridgehead atoms. The van der Waals surface area contributed by atoms with E-state index in [1.165, 1.54) is 69.6 Å². The Balaban J connectivity index is 1.48. The summed E-state index contributed by atoms with van der Waals surface area (Å²) in [6.45, 7) is 5.09. The molecule has 0 aliphatic carbocycles. The minimum absolute atomic E-state index is 0.165. The smallest absolute Gasteiger partial charge is 0.338 e. The fraction of sp³-hybridized carbons (Fsp3) is 0.529. The molecule has 0 radical (unpaired) electrons. The molecule has 0 spiro atoms. The zero-order valence-corrected chi connectivity index (χ0v) is 24.8. The molecular weight excluding hydrogens is 518 g/mol. The van der Waals surface area contributed by atoms with Gasteiger partial charge in [-0.25, -0.2) is 14.5 Å². The van der Waals surface area contributed by atoms with E-state index < -0.39 is 23.8 Å². The van der Waals surface area contributed by atoms with Crippen LogP contribution in [0.5, 0.6) is 0 Å². The Labute approximate surface area is 244 Å². The Morgan fingerprint density at radius 3 is 1.54 bits per heavy atom. The van der Waals surface area contributed by atoms with Crippen molar-refractivity contribution in [2.24, 2.45) is 0 Å². The van der Waals surface area contributed by atoms with Gasteiger partial charge in [0.05, 0.1) is 41.2 Å². The average molecular weight is 564 g/mol. The molecule has 0 atom stereocenters. The third-order valence-electron chi connectivity index (χ3n) is 7.45. The van der Waals surface area contributed by atoms with Crippen molar-refractivity contribution < 1.29 is 28.7 Å². The van der Waals surface area contributed by atoms with Crippen LogP contribution in [0.15, 0.2) is 42.5 Å². The number of carbonyl (C=O) groups is 4. The highest BCUT2D eigenvalue weighted by atomic mass is 16.5. The van der Waals surface area contributed by atoms with Crippen LogP contribution in [-0.4, -0.2) is 37.0 Å². The van der Waals surface area contributed by atoms with Gasteiger partial charge in [0.15, 0.2) is 0 Å². The number of rotatable bonds is 19. The van der Waals surface area contributed by atoms with E-state index in [1.54, 1.807) is 24.3 Å². The Morgan fingerprint density at radius 2 is 1.00 bits per heavy atom. The summed E-state index contributed by atoms with van der Waals surface area (Å²) in [5, 5.41) is 0. The lowest BCUT2D eigenvalue weighted by Gasteiger charge is -2.14. The number of benzene rings is 2. The Hall–Kier alpha value is -3.48. The Kier molecular flexibility index (Phi) is 13.6. The summed E-state index contributed by atoms with van der Waals surface area (Å²) in [5.41, 5.74) is 1.35. The lowest BCUT2D eigenvalue weighted by Crippen LogP contribution is -2.29. The zero-order valence-electron chi connectivity index (χ0n) is 24.8. The van der Waals surface area contributed by atoms with Crippen LogP contribution < -0.4 is 4.90 Å². The third kappa shape index (κ3) is 9.55. The van der Waals surface area contributed by atoms with Gasteiger partial charge in [0, 0.05) is 0 Å². The van der Waals surface area contributed by atoms with Gasteiger partial charge in [0.25, 0.3) is 11.8 Å². The van der Waals surface area contributed by atoms with Crippen LogP contribution in [0.25, 0.3) is 0 Å². The molecule has 0 saturated carbocycles. The number of carbonyl (C=O) groups excluding carboxylic acids is 4. The van der Waals surface area contributed by atoms with Crippen LogP contribution >= 0.6 is 0 Å². The van der Waals surface area contributed by atoms with Crippen molar-refractivity contribution in [1.29, 1.82) is 0 Å². The number of ether oxygens (including phenoxy) is 2. The number of esters is 2. The van der Waals surface area contributed by atoms with Gasteiger partial charge in [0.1, 0.15) is 0 Å². The summed E-state index contributed by atoms with van der Waals surface area (Å²) >= 11 is 0. The molecule has 1 aliphatic rings. The molecule has 0 fully saturated rings. The Bertz CT molecular complexity index is 1160. The third-order valence-corrected chi connectivity index (χ3v) is 7.45. The maximum Gasteiger partial charge on any atom is 0.338 e. The molecule has 0 unspecified atom stereocenters. The van der Waals surface area contributed by atoms with Crippen molar-refractivity contribution in [2.75, 3.05) is 18.1 Å². The molecule has 1 heterocycles. The number of amides is 2. The number of anilines is 1. The molecule has 0 aromatic heterocycles. The normalized spacial score (nSPS) is 12.5. The van der Waals surface area contributed by atoms with Crippen LogP contribution in [0.1, 0.15) is 145 Å². The van der Waals surface area contributed by atoms with Gasteiger partial charge in [-0.05, 0) is 55.3 Å². The minimum Gasteiger partial charge on any atom is -0.462 e. The molecule has 0 saturated heterocycles. The SMILES string of the molecule is CCCCCCCCCOC(=O)c1ccc(N2C(=O)c3ccc(C(=O)OCCCCCCCCC)cc3C2=O)cc1. The van der Waals surface area contributed by atoms with Gasteiger partial charge in [-0.15, -0.1) is 0 Å². The molecule has 7 nitrogen and oxygen atoms in total. The molecule has 2 aromatic carbocycles. The zero-order chi connectivity index (χ0) is 29.5. The summed E-state index contributed by atoms with van der Waals surface area (Å²) in [5.74, 6) is -1.91. The van der Waals surface area contributed by atoms with Gasteiger partial charge >= 0.3 is 11.9 Å². The molecule has 41 heavy (non-hydrogen) atoms. The number of hydrogen-bond acceptors (Lipinski definition) is 6. The molecule has 2 aromatic rings. The first-order valence-corrected chi connectivity index (χ1v) is 15.4. The van der Waals surface area contributed by atoms with Crippen molar-refractivity contribution >= 4 is 29.4 Å². The number of nitrogens with zero attached hydrogens (tertiary/aromatic N) is 1. The second kappa shape index (κ2) is 17.4. The molecule has 0 N–H and O–H groups in total. The highest BCUT2D eigenvalue weighted by Gasteiger charge is 2.37. The average Bonchev–Trinajstić information content (AvgIpc) is 3.24. The Morgan fingerprint density at radius 1 is 0.561 bits per heavy atom. The van der Waals surface area contributed by atoms with E-state index in [0.29, 0.717) is 24.5 Å². The number of fused-ring (bicyclic) bond motifs is 1. The van der Waals surface area contributed by atoms with Crippen LogP contribution in [-0.2, 0) is 9.47 Å². The lowest BCUT2D eigenvalue weighted by atomic mass is 10.1. The second-order valence-corrected chi connectivity index (χ2v) is 10.8. The van der Waals surface area contributed by atoms with Gasteiger partial charge < -0.3 is 9.47 Å². The monoisotopic (exact) mass is 563 g/mol. The van der Waals surface area contributed by atoms with E-state index in [1.807, 2.05) is 0 Å².